The molecule has 0 saturated heterocycles. The van der Waals surface area contributed by atoms with Crippen molar-refractivity contribution in [2.45, 2.75) is 0 Å². The molecule has 0 atom stereocenters. The lowest BCUT2D eigenvalue weighted by molar-refractivity contribution is 0.0595. The van der Waals surface area contributed by atoms with Crippen molar-refractivity contribution in [3.8, 4) is 22.4 Å². The van der Waals surface area contributed by atoms with E-state index in [0.717, 1.165) is 32.6 Å². The number of carbonyl (C=O) groups is 1. The minimum absolute atomic E-state index is 0.353. The first-order chi connectivity index (χ1) is 11.3. The van der Waals surface area contributed by atoms with Crippen molar-refractivity contribution in [1.82, 2.24) is 15.0 Å². The van der Waals surface area contributed by atoms with Crippen LogP contribution in [0.5, 0.6) is 0 Å². The summed E-state index contributed by atoms with van der Waals surface area (Å²) in [5, 5.41) is 2.09. The molecule has 3 heterocycles. The van der Waals surface area contributed by atoms with Crippen LogP contribution in [-0.4, -0.2) is 28.0 Å². The van der Waals surface area contributed by atoms with Crippen LogP contribution >= 0.6 is 11.3 Å². The van der Waals surface area contributed by atoms with Crippen molar-refractivity contribution in [2.24, 2.45) is 0 Å². The number of imidazole rings is 1. The number of ether oxygens (including phenoxy) is 1. The minimum atomic E-state index is -0.353. The second-order valence-electron chi connectivity index (χ2n) is 5.11. The second kappa shape index (κ2) is 5.40. The predicted octanol–water partition coefficient (Wildman–Crippen LogP) is 4.07. The van der Waals surface area contributed by atoms with Gasteiger partial charge in [0, 0.05) is 10.9 Å². The summed E-state index contributed by atoms with van der Waals surface area (Å²) in [5.41, 5.74) is 5.68. The molecular formula is C17H13N3O2S. The van der Waals surface area contributed by atoms with Crippen molar-refractivity contribution >= 4 is 27.5 Å². The maximum atomic E-state index is 11.6. The summed E-state index contributed by atoms with van der Waals surface area (Å²) >= 11 is 1.60. The molecule has 0 fully saturated rings. The van der Waals surface area contributed by atoms with E-state index in [4.69, 9.17) is 4.74 Å². The van der Waals surface area contributed by atoms with E-state index in [9.17, 15) is 4.79 Å². The standard InChI is InChI=1S/C17H13N3O2S/c1-22-17(21)13-6-15-16(20-13)12(8-23-15)10-2-4-11(5-3-10)14-7-18-9-19-14/h2-9,20H,1H3,(H,18,19). The number of nitrogens with one attached hydrogen (secondary N) is 2. The van der Waals surface area contributed by atoms with Crippen LogP contribution in [0, 0.1) is 0 Å². The summed E-state index contributed by atoms with van der Waals surface area (Å²) in [7, 11) is 1.38. The van der Waals surface area contributed by atoms with Gasteiger partial charge in [0.1, 0.15) is 5.69 Å². The van der Waals surface area contributed by atoms with Gasteiger partial charge >= 0.3 is 5.97 Å². The number of methoxy groups -OCH3 is 1. The van der Waals surface area contributed by atoms with Gasteiger partial charge in [-0.1, -0.05) is 24.3 Å². The van der Waals surface area contributed by atoms with Gasteiger partial charge in [0.25, 0.3) is 0 Å². The van der Waals surface area contributed by atoms with Gasteiger partial charge in [0.2, 0.25) is 0 Å². The molecule has 4 rings (SSSR count). The number of nitrogens with zero attached hydrogens (tertiary/aromatic N) is 1. The van der Waals surface area contributed by atoms with E-state index >= 15 is 0 Å². The number of aromatic nitrogens is 3. The van der Waals surface area contributed by atoms with Gasteiger partial charge in [-0.25, -0.2) is 9.78 Å². The Balaban J connectivity index is 1.74. The van der Waals surface area contributed by atoms with E-state index in [1.165, 1.54) is 7.11 Å². The molecule has 1 aromatic carbocycles. The molecule has 0 bridgehead atoms. The van der Waals surface area contributed by atoms with E-state index < -0.39 is 0 Å². The van der Waals surface area contributed by atoms with Crippen LogP contribution in [0.4, 0.5) is 0 Å². The van der Waals surface area contributed by atoms with Crippen molar-refractivity contribution in [1.29, 1.82) is 0 Å². The van der Waals surface area contributed by atoms with Crippen LogP contribution < -0.4 is 0 Å². The first-order valence-electron chi connectivity index (χ1n) is 7.04. The first-order valence-corrected chi connectivity index (χ1v) is 7.92. The van der Waals surface area contributed by atoms with Crippen LogP contribution in [0.1, 0.15) is 10.5 Å². The third kappa shape index (κ3) is 2.33. The predicted molar refractivity (Wildman–Crippen MR) is 90.5 cm³/mol. The van der Waals surface area contributed by atoms with E-state index in [1.807, 2.05) is 6.07 Å². The Hall–Kier alpha value is -2.86. The average molecular weight is 323 g/mol. The quantitative estimate of drug-likeness (QED) is 0.558. The maximum absolute atomic E-state index is 11.6. The lowest BCUT2D eigenvalue weighted by Crippen LogP contribution is -2.00. The van der Waals surface area contributed by atoms with Gasteiger partial charge in [-0.15, -0.1) is 11.3 Å². The molecule has 6 heteroatoms. The highest BCUT2D eigenvalue weighted by atomic mass is 32.1. The normalized spacial score (nSPS) is 11.0. The number of esters is 1. The highest BCUT2D eigenvalue weighted by Gasteiger charge is 2.14. The van der Waals surface area contributed by atoms with Gasteiger partial charge in [-0.05, 0) is 17.2 Å². The summed E-state index contributed by atoms with van der Waals surface area (Å²) in [4.78, 5) is 21.9. The SMILES string of the molecule is COC(=O)c1cc2scc(-c3ccc(-c4cnc[nH]4)cc3)c2[nH]1. The van der Waals surface area contributed by atoms with Crippen LogP contribution in [0.2, 0.25) is 0 Å². The Kier molecular flexibility index (Phi) is 3.24. The zero-order chi connectivity index (χ0) is 15.8. The lowest BCUT2D eigenvalue weighted by Gasteiger charge is -2.02. The summed E-state index contributed by atoms with van der Waals surface area (Å²) in [6.45, 7) is 0. The van der Waals surface area contributed by atoms with Crippen molar-refractivity contribution in [3.63, 3.8) is 0 Å². The monoisotopic (exact) mass is 323 g/mol. The lowest BCUT2D eigenvalue weighted by atomic mass is 10.0. The molecule has 0 radical (unpaired) electrons. The molecule has 0 aliphatic rings. The molecule has 0 saturated carbocycles. The Bertz CT molecular complexity index is 965. The fraction of sp³-hybridized carbons (Fsp3) is 0.0588. The second-order valence-corrected chi connectivity index (χ2v) is 6.02. The maximum Gasteiger partial charge on any atom is 0.354 e. The smallest absolute Gasteiger partial charge is 0.354 e. The zero-order valence-corrected chi connectivity index (χ0v) is 13.1. The van der Waals surface area contributed by atoms with Crippen LogP contribution in [0.25, 0.3) is 32.6 Å². The Labute approximate surface area is 136 Å². The van der Waals surface area contributed by atoms with Crippen molar-refractivity contribution < 1.29 is 9.53 Å². The summed E-state index contributed by atoms with van der Waals surface area (Å²) < 4.78 is 5.80. The van der Waals surface area contributed by atoms with Crippen molar-refractivity contribution in [3.05, 3.63) is 53.9 Å². The van der Waals surface area contributed by atoms with E-state index in [0.29, 0.717) is 5.69 Å². The number of hydrogen-bond acceptors (Lipinski definition) is 4. The number of H-pyrrole nitrogens is 2. The number of thiophene rings is 1. The van der Waals surface area contributed by atoms with Gasteiger partial charge in [-0.2, -0.15) is 0 Å². The Morgan fingerprint density at radius 1 is 1.22 bits per heavy atom. The largest absolute Gasteiger partial charge is 0.464 e. The van der Waals surface area contributed by atoms with Gasteiger partial charge in [0.15, 0.2) is 0 Å². The molecule has 0 unspecified atom stereocenters. The Morgan fingerprint density at radius 3 is 2.70 bits per heavy atom. The van der Waals surface area contributed by atoms with Crippen LogP contribution in [0.15, 0.2) is 48.2 Å². The van der Waals surface area contributed by atoms with Gasteiger partial charge < -0.3 is 14.7 Å². The van der Waals surface area contributed by atoms with E-state index in [2.05, 4.69) is 44.6 Å². The zero-order valence-electron chi connectivity index (χ0n) is 12.3. The number of carbonyl (C=O) groups excluding carboxylic acids is 1. The number of hydrogen-bond donors (Lipinski definition) is 2. The van der Waals surface area contributed by atoms with E-state index in [-0.39, 0.29) is 5.97 Å². The third-order valence-electron chi connectivity index (χ3n) is 3.77. The van der Waals surface area contributed by atoms with Crippen molar-refractivity contribution in [2.75, 3.05) is 7.11 Å². The fourth-order valence-electron chi connectivity index (χ4n) is 2.59. The highest BCUT2D eigenvalue weighted by Crippen LogP contribution is 2.35. The molecule has 0 amide bonds. The van der Waals surface area contributed by atoms with Crippen LogP contribution in [0.3, 0.4) is 0 Å². The topological polar surface area (TPSA) is 70.8 Å². The molecule has 23 heavy (non-hydrogen) atoms. The molecule has 0 spiro atoms. The first kappa shape index (κ1) is 13.8. The summed E-state index contributed by atoms with van der Waals surface area (Å²) in [6, 6.07) is 10.1. The fourth-order valence-corrected chi connectivity index (χ4v) is 3.55. The number of aromatic amines is 2. The minimum Gasteiger partial charge on any atom is -0.464 e. The summed E-state index contributed by atoms with van der Waals surface area (Å²) in [5.74, 6) is -0.353. The third-order valence-corrected chi connectivity index (χ3v) is 4.69. The average Bonchev–Trinajstić information content (AvgIpc) is 3.30. The van der Waals surface area contributed by atoms with E-state index in [1.54, 1.807) is 23.9 Å². The molecule has 3 aromatic heterocycles. The molecule has 4 aromatic rings. The molecule has 0 aliphatic carbocycles. The molecule has 2 N–H and O–H groups in total. The number of fused-ring (bicyclic) bond motifs is 1. The summed E-state index contributed by atoms with van der Waals surface area (Å²) in [6.07, 6.45) is 3.46. The highest BCUT2D eigenvalue weighted by molar-refractivity contribution is 7.17. The van der Waals surface area contributed by atoms with Crippen LogP contribution in [-0.2, 0) is 4.74 Å². The number of benzene rings is 1. The van der Waals surface area contributed by atoms with Gasteiger partial charge in [0.05, 0.1) is 35.5 Å². The molecular weight excluding hydrogens is 310 g/mol. The Morgan fingerprint density at radius 2 is 2.00 bits per heavy atom. The molecule has 5 nitrogen and oxygen atoms in total. The molecule has 0 aliphatic heterocycles. The van der Waals surface area contributed by atoms with Gasteiger partial charge in [-0.3, -0.25) is 0 Å². The molecule has 114 valence electrons. The number of rotatable bonds is 3.